The molecule has 2 aliphatic heterocycles. The Morgan fingerprint density at radius 1 is 0.800 bits per heavy atom. The van der Waals surface area contributed by atoms with Crippen molar-refractivity contribution in [1.29, 1.82) is 0 Å². The van der Waals surface area contributed by atoms with Crippen LogP contribution >= 0.6 is 21.6 Å². The Morgan fingerprint density at radius 3 is 2.01 bits per heavy atom. The van der Waals surface area contributed by atoms with Gasteiger partial charge < -0.3 is 69.7 Å². The lowest BCUT2D eigenvalue weighted by molar-refractivity contribution is -0.148. The predicted octanol–water partition coefficient (Wildman–Crippen LogP) is -3.27. The number of amides is 11. The van der Waals surface area contributed by atoms with Crippen molar-refractivity contribution in [2.24, 2.45) is 34.8 Å². The monoisotopic (exact) mass is 1020 g/mol. The molecule has 0 radical (unpaired) electrons. The highest BCUT2D eigenvalue weighted by Gasteiger charge is 2.43. The summed E-state index contributed by atoms with van der Waals surface area (Å²) >= 11 is 0. The van der Waals surface area contributed by atoms with E-state index in [0.29, 0.717) is 18.4 Å². The van der Waals surface area contributed by atoms with Gasteiger partial charge >= 0.3 is 0 Å². The van der Waals surface area contributed by atoms with Gasteiger partial charge in [-0.25, -0.2) is 0 Å². The van der Waals surface area contributed by atoms with Crippen LogP contribution in [0.4, 0.5) is 0 Å². The van der Waals surface area contributed by atoms with E-state index in [2.05, 4.69) is 31.9 Å². The number of rotatable bonds is 17. The summed E-state index contributed by atoms with van der Waals surface area (Å²) in [7, 11) is 3.33. The maximum absolute atomic E-state index is 14.7. The molecule has 0 aliphatic carbocycles. The molecule has 70 heavy (non-hydrogen) atoms. The van der Waals surface area contributed by atoms with E-state index in [1.807, 2.05) is 13.8 Å². The number of nitrogens with one attached hydrogen (secondary N) is 6. The third-order valence-corrected chi connectivity index (χ3v) is 14.2. The van der Waals surface area contributed by atoms with Gasteiger partial charge in [-0.2, -0.15) is 0 Å². The van der Waals surface area contributed by atoms with Crippen molar-refractivity contribution in [3.8, 4) is 5.75 Å². The number of aromatic hydroxyl groups is 1. The third-order valence-electron chi connectivity index (χ3n) is 11.7. The molecule has 24 nitrogen and oxygen atoms in total. The van der Waals surface area contributed by atoms with Crippen molar-refractivity contribution in [3.63, 3.8) is 0 Å². The average Bonchev–Trinajstić information content (AvgIpc) is 3.80. The first-order valence-corrected chi connectivity index (χ1v) is 25.4. The van der Waals surface area contributed by atoms with Gasteiger partial charge in [0, 0.05) is 37.9 Å². The summed E-state index contributed by atoms with van der Waals surface area (Å²) < 4.78 is 0. The molecule has 0 aromatic heterocycles. The van der Waals surface area contributed by atoms with Crippen LogP contribution in [-0.2, 0) is 59.2 Å². The minimum absolute atomic E-state index is 0.0458. The lowest BCUT2D eigenvalue weighted by atomic mass is 9.96. The van der Waals surface area contributed by atoms with Crippen molar-refractivity contribution in [3.05, 3.63) is 29.8 Å². The zero-order chi connectivity index (χ0) is 52.4. The minimum atomic E-state index is -1.74. The molecule has 11 amide bonds. The number of primary amides is 3. The van der Waals surface area contributed by atoms with Crippen LogP contribution < -0.4 is 54.8 Å². The number of hydrogen-bond acceptors (Lipinski definition) is 15. The minimum Gasteiger partial charge on any atom is -0.508 e. The largest absolute Gasteiger partial charge is 0.508 e. The fraction of sp³-hybridized carbons (Fsp3) is 0.614. The Kier molecular flexibility index (Phi) is 23.2. The molecule has 26 heteroatoms. The molecule has 9 atom stereocenters. The van der Waals surface area contributed by atoms with Crippen LogP contribution in [0.15, 0.2) is 24.3 Å². The number of benzene rings is 1. The molecule has 15 N–H and O–H groups in total. The van der Waals surface area contributed by atoms with Crippen molar-refractivity contribution in [1.82, 2.24) is 41.7 Å². The summed E-state index contributed by atoms with van der Waals surface area (Å²) in [5.41, 5.74) is 23.1. The van der Waals surface area contributed by atoms with Crippen LogP contribution in [0.1, 0.15) is 78.2 Å². The summed E-state index contributed by atoms with van der Waals surface area (Å²) in [5, 5.41) is 25.3. The number of nitrogens with two attached hydrogens (primary N) is 4. The zero-order valence-corrected chi connectivity index (χ0v) is 41.7. The average molecular weight is 1020 g/mol. The number of carbonyl (C=O) groups excluding carboxylic acids is 11. The lowest BCUT2D eigenvalue weighted by Gasteiger charge is -2.35. The van der Waals surface area contributed by atoms with Gasteiger partial charge in [0.15, 0.2) is 0 Å². The molecular weight excluding hydrogens is 953 g/mol. The molecule has 1 aromatic carbocycles. The molecule has 0 bridgehead atoms. The summed E-state index contributed by atoms with van der Waals surface area (Å²) in [6.07, 6.45) is -0.668. The normalized spacial score (nSPS) is 24.3. The van der Waals surface area contributed by atoms with Crippen LogP contribution in [0.2, 0.25) is 0 Å². The van der Waals surface area contributed by atoms with Crippen LogP contribution in [0.25, 0.3) is 0 Å². The highest BCUT2D eigenvalue weighted by atomic mass is 33.1. The molecular formula is C44H68N12O12S2. The quantitative estimate of drug-likeness (QED) is 0.0683. The van der Waals surface area contributed by atoms with E-state index in [9.17, 15) is 57.8 Å². The van der Waals surface area contributed by atoms with Crippen molar-refractivity contribution < 1.29 is 57.8 Å². The molecule has 0 unspecified atom stereocenters. The topological polar surface area (TPSA) is 391 Å². The third kappa shape index (κ3) is 18.0. The highest BCUT2D eigenvalue weighted by molar-refractivity contribution is 8.76. The number of carbonyl (C=O) groups is 11. The summed E-state index contributed by atoms with van der Waals surface area (Å²) in [4.78, 5) is 150. The van der Waals surface area contributed by atoms with Crippen molar-refractivity contribution in [2.75, 3.05) is 31.6 Å². The first kappa shape index (κ1) is 58.2. The summed E-state index contributed by atoms with van der Waals surface area (Å²) in [6, 6.07) is -4.97. The second-order valence-electron chi connectivity index (χ2n) is 17.8. The predicted molar refractivity (Wildman–Crippen MR) is 259 cm³/mol. The van der Waals surface area contributed by atoms with Gasteiger partial charge in [0.25, 0.3) is 0 Å². The zero-order valence-electron chi connectivity index (χ0n) is 40.0. The van der Waals surface area contributed by atoms with E-state index in [1.54, 1.807) is 13.8 Å². The van der Waals surface area contributed by atoms with Crippen LogP contribution in [-0.4, -0.2) is 160 Å². The van der Waals surface area contributed by atoms with E-state index in [0.717, 1.165) is 26.5 Å². The maximum Gasteiger partial charge on any atom is 0.246 e. The molecule has 3 rings (SSSR count). The molecule has 2 saturated heterocycles. The Labute approximate surface area is 414 Å². The van der Waals surface area contributed by atoms with Gasteiger partial charge in [-0.05, 0) is 55.2 Å². The second-order valence-corrected chi connectivity index (χ2v) is 20.4. The van der Waals surface area contributed by atoms with E-state index < -0.39 is 145 Å². The van der Waals surface area contributed by atoms with Gasteiger partial charge in [-0.3, -0.25) is 52.7 Å². The second kappa shape index (κ2) is 27.9. The Balaban J connectivity index is 2.09. The molecule has 0 spiro atoms. The highest BCUT2D eigenvalue weighted by Crippen LogP contribution is 2.28. The molecule has 1 aromatic rings. The number of phenols is 1. The maximum atomic E-state index is 14.7. The van der Waals surface area contributed by atoms with Gasteiger partial charge in [0.1, 0.15) is 48.0 Å². The van der Waals surface area contributed by atoms with E-state index in [-0.39, 0.29) is 49.0 Å². The van der Waals surface area contributed by atoms with Crippen LogP contribution in [0.3, 0.4) is 0 Å². The van der Waals surface area contributed by atoms with Crippen LogP contribution in [0, 0.1) is 11.8 Å². The van der Waals surface area contributed by atoms with Gasteiger partial charge in [-0.15, -0.1) is 0 Å². The number of nitrogens with zero attached hydrogens (tertiary/aromatic N) is 2. The molecule has 2 heterocycles. The van der Waals surface area contributed by atoms with Gasteiger partial charge in [0.2, 0.25) is 65.0 Å². The van der Waals surface area contributed by atoms with E-state index in [1.165, 1.54) is 36.2 Å². The van der Waals surface area contributed by atoms with E-state index >= 15 is 0 Å². The summed E-state index contributed by atoms with van der Waals surface area (Å²) in [5.74, 6) is -10.2. The number of likely N-dealkylation sites (N-methyl/N-ethyl adjacent to an activating group) is 1. The first-order chi connectivity index (χ1) is 32.9. The molecule has 0 saturated carbocycles. The fourth-order valence-electron chi connectivity index (χ4n) is 7.62. The molecule has 388 valence electrons. The number of hydrogen-bond donors (Lipinski definition) is 11. The van der Waals surface area contributed by atoms with Crippen LogP contribution in [0.5, 0.6) is 5.75 Å². The first-order valence-electron chi connectivity index (χ1n) is 22.9. The van der Waals surface area contributed by atoms with E-state index in [4.69, 9.17) is 22.9 Å². The Morgan fingerprint density at radius 2 is 1.41 bits per heavy atom. The van der Waals surface area contributed by atoms with Gasteiger partial charge in [0.05, 0.1) is 19.0 Å². The Bertz CT molecular complexity index is 2080. The van der Waals surface area contributed by atoms with Crippen molar-refractivity contribution in [2.45, 2.75) is 127 Å². The SMILES string of the molecule is CC[C@H](C)[C@@H]1NC(=O)[C@H](Cc2ccc(O)cc2)NC(=O)[C@@H](N)CSSC[C@@H](C(=O)N2CCC[C@H]2C(=O)N[C@@H](CC(C)C)C(=O)NCC(N)=O)N(C)C(=O)[C@H](CC(N)=O)NC(=O)[C@H](CCC(N)=O)NC1=O. The standard InChI is InChI=1S/C44H68N12O12S2/c1-6-23(4)36-42(66)50-27(13-14-33(46)58)39(63)53-30(18-34(47)59)43(67)55(5)32(21-70-69-20-26(45)37(61)51-29(40(64)54-36)17-24-9-11-25(57)12-10-24)44(68)56-15-7-8-31(56)41(65)52-28(16-22(2)3)38(62)49-19-35(48)60/h9-12,22-23,26-32,36,57H,6-8,13-21,45H2,1-5H3,(H2,46,58)(H2,47,59)(H2,48,60)(H,49,62)(H,50,66)(H,51,61)(H,52,65)(H,53,63)(H,54,64)/t23-,26-,27-,28-,29-,30-,31-,32-,36-/m0/s1. The Hall–Kier alpha value is -6.15. The van der Waals surface area contributed by atoms with Crippen molar-refractivity contribution >= 4 is 86.6 Å². The number of phenolic OH excluding ortho intramolecular Hbond substituents is 1. The smallest absolute Gasteiger partial charge is 0.246 e. The van der Waals surface area contributed by atoms with Gasteiger partial charge in [-0.1, -0.05) is 67.8 Å². The molecule has 2 aliphatic rings. The number of likely N-dealkylation sites (tertiary alicyclic amines) is 1. The molecule has 2 fully saturated rings. The lowest BCUT2D eigenvalue weighted by Crippen LogP contribution is -2.62. The fourth-order valence-corrected chi connectivity index (χ4v) is 10.0. The summed E-state index contributed by atoms with van der Waals surface area (Å²) in [6.45, 7) is 6.62.